The summed E-state index contributed by atoms with van der Waals surface area (Å²) in [6, 6.07) is 2.52. The van der Waals surface area contributed by atoms with Gasteiger partial charge in [0, 0.05) is 16.5 Å². The third kappa shape index (κ3) is 6.23. The van der Waals surface area contributed by atoms with Crippen molar-refractivity contribution in [3.05, 3.63) is 22.4 Å². The van der Waals surface area contributed by atoms with Gasteiger partial charge in [0.25, 0.3) is 0 Å². The Morgan fingerprint density at radius 2 is 2.20 bits per heavy atom. The second kappa shape index (κ2) is 5.92. The van der Waals surface area contributed by atoms with E-state index in [1.807, 2.05) is 11.8 Å². The van der Waals surface area contributed by atoms with Gasteiger partial charge in [-0.25, -0.2) is 0 Å². The molecule has 1 aromatic heterocycles. The first-order valence-corrected chi connectivity index (χ1v) is 7.31. The minimum absolute atomic E-state index is 0.328. The molecule has 0 saturated carbocycles. The monoisotopic (exact) mass is 243 g/mol. The zero-order chi connectivity index (χ0) is 11.3. The van der Waals surface area contributed by atoms with Crippen molar-refractivity contribution in [2.45, 2.75) is 44.4 Å². The van der Waals surface area contributed by atoms with Crippen molar-refractivity contribution >= 4 is 23.1 Å². The van der Waals surface area contributed by atoms with Crippen LogP contribution in [0.3, 0.4) is 0 Å². The van der Waals surface area contributed by atoms with Gasteiger partial charge in [0.2, 0.25) is 0 Å². The third-order valence-electron chi connectivity index (χ3n) is 2.11. The zero-order valence-electron chi connectivity index (χ0n) is 9.82. The fourth-order valence-electron chi connectivity index (χ4n) is 1.23. The Bertz CT molecular complexity index is 262. The van der Waals surface area contributed by atoms with Gasteiger partial charge in [-0.1, -0.05) is 20.8 Å². The average molecular weight is 243 g/mol. The van der Waals surface area contributed by atoms with Crippen molar-refractivity contribution in [2.24, 2.45) is 5.73 Å². The van der Waals surface area contributed by atoms with E-state index in [1.165, 1.54) is 5.56 Å². The number of hydrogen-bond acceptors (Lipinski definition) is 3. The first-order chi connectivity index (χ1) is 6.97. The highest BCUT2D eigenvalue weighted by Gasteiger charge is 2.13. The van der Waals surface area contributed by atoms with Crippen molar-refractivity contribution in [1.29, 1.82) is 0 Å². The van der Waals surface area contributed by atoms with Crippen LogP contribution >= 0.6 is 23.1 Å². The van der Waals surface area contributed by atoms with Gasteiger partial charge in [-0.2, -0.15) is 23.1 Å². The summed E-state index contributed by atoms with van der Waals surface area (Å²) in [6.07, 6.45) is 2.22. The van der Waals surface area contributed by atoms with Gasteiger partial charge >= 0.3 is 0 Å². The second-order valence-electron chi connectivity index (χ2n) is 4.85. The van der Waals surface area contributed by atoms with E-state index in [2.05, 4.69) is 37.6 Å². The normalized spacial score (nSPS) is 14.1. The Morgan fingerprint density at radius 3 is 2.73 bits per heavy atom. The number of nitrogens with two attached hydrogens (primary N) is 1. The van der Waals surface area contributed by atoms with E-state index in [-0.39, 0.29) is 0 Å². The first-order valence-electron chi connectivity index (χ1n) is 5.38. The lowest BCUT2D eigenvalue weighted by Crippen LogP contribution is -2.26. The molecule has 1 nitrogen and oxygen atoms in total. The van der Waals surface area contributed by atoms with E-state index in [0.717, 1.165) is 18.6 Å². The molecule has 15 heavy (non-hydrogen) atoms. The maximum absolute atomic E-state index is 6.08. The predicted molar refractivity (Wildman–Crippen MR) is 72.8 cm³/mol. The van der Waals surface area contributed by atoms with Crippen LogP contribution in [0.15, 0.2) is 16.8 Å². The molecule has 0 aliphatic rings. The fourth-order valence-corrected chi connectivity index (χ4v) is 2.81. The Labute approximate surface area is 101 Å². The molecule has 0 radical (unpaired) electrons. The molecule has 1 aromatic rings. The average Bonchev–Trinajstić information content (AvgIpc) is 2.62. The van der Waals surface area contributed by atoms with Crippen LogP contribution < -0.4 is 5.73 Å². The number of hydrogen-bond donors (Lipinski definition) is 1. The lowest BCUT2D eigenvalue weighted by molar-refractivity contribution is 0.670. The van der Waals surface area contributed by atoms with Crippen LogP contribution in [-0.2, 0) is 6.42 Å². The van der Waals surface area contributed by atoms with Crippen LogP contribution in [0.1, 0.15) is 32.8 Å². The molecule has 2 N–H and O–H groups in total. The highest BCUT2D eigenvalue weighted by molar-refractivity contribution is 8.00. The number of thioether (sulfide) groups is 1. The summed E-state index contributed by atoms with van der Waals surface area (Å²) < 4.78 is 0.333. The summed E-state index contributed by atoms with van der Waals surface area (Å²) in [5.74, 6) is 1.06. The summed E-state index contributed by atoms with van der Waals surface area (Å²) in [6.45, 7) is 6.72. The summed E-state index contributed by atoms with van der Waals surface area (Å²) in [5.41, 5.74) is 7.51. The summed E-state index contributed by atoms with van der Waals surface area (Å²) in [7, 11) is 0. The molecular weight excluding hydrogens is 222 g/mol. The van der Waals surface area contributed by atoms with Gasteiger partial charge in [0.05, 0.1) is 0 Å². The minimum atomic E-state index is 0.328. The van der Waals surface area contributed by atoms with Gasteiger partial charge in [-0.05, 0) is 35.2 Å². The lowest BCUT2D eigenvalue weighted by atomic mass is 10.1. The summed E-state index contributed by atoms with van der Waals surface area (Å²) in [5, 5.41) is 4.34. The predicted octanol–water partition coefficient (Wildman–Crippen LogP) is 3.54. The molecule has 1 atom stereocenters. The van der Waals surface area contributed by atoms with Crippen molar-refractivity contribution in [2.75, 3.05) is 5.75 Å². The van der Waals surface area contributed by atoms with Crippen molar-refractivity contribution in [1.82, 2.24) is 0 Å². The standard InChI is InChI=1S/C12H21NS2/c1-12(2,3)15-9-11(13)5-4-10-6-7-14-8-10/h6-8,11H,4-5,9,13H2,1-3H3. The fraction of sp³-hybridized carbons (Fsp3) is 0.667. The van der Waals surface area contributed by atoms with E-state index < -0.39 is 0 Å². The quantitative estimate of drug-likeness (QED) is 0.856. The molecule has 1 heterocycles. The van der Waals surface area contributed by atoms with Gasteiger partial charge in [0.15, 0.2) is 0 Å². The second-order valence-corrected chi connectivity index (χ2v) is 7.48. The van der Waals surface area contributed by atoms with Gasteiger partial charge in [-0.3, -0.25) is 0 Å². The molecule has 86 valence electrons. The largest absolute Gasteiger partial charge is 0.327 e. The van der Waals surface area contributed by atoms with Crippen molar-refractivity contribution < 1.29 is 0 Å². The van der Waals surface area contributed by atoms with Crippen molar-refractivity contribution in [3.8, 4) is 0 Å². The van der Waals surface area contributed by atoms with Crippen LogP contribution in [0.25, 0.3) is 0 Å². The number of aryl methyl sites for hydroxylation is 1. The van der Waals surface area contributed by atoms with Gasteiger partial charge in [-0.15, -0.1) is 0 Å². The lowest BCUT2D eigenvalue weighted by Gasteiger charge is -2.20. The number of thiophene rings is 1. The molecule has 0 bridgehead atoms. The molecular formula is C12H21NS2. The molecule has 3 heteroatoms. The number of rotatable bonds is 5. The van der Waals surface area contributed by atoms with E-state index in [9.17, 15) is 0 Å². The summed E-state index contributed by atoms with van der Waals surface area (Å²) in [4.78, 5) is 0. The highest BCUT2D eigenvalue weighted by atomic mass is 32.2. The molecule has 0 aliphatic heterocycles. The highest BCUT2D eigenvalue weighted by Crippen LogP contribution is 2.24. The van der Waals surface area contributed by atoms with E-state index in [0.29, 0.717) is 10.8 Å². The van der Waals surface area contributed by atoms with Crippen LogP contribution in [0.4, 0.5) is 0 Å². The molecule has 1 rings (SSSR count). The molecule has 0 fully saturated rings. The minimum Gasteiger partial charge on any atom is -0.327 e. The SMILES string of the molecule is CC(C)(C)SCC(N)CCc1ccsc1. The van der Waals surface area contributed by atoms with E-state index >= 15 is 0 Å². The smallest absolute Gasteiger partial charge is 0.0133 e. The Kier molecular flexibility index (Phi) is 5.16. The maximum Gasteiger partial charge on any atom is 0.0133 e. The molecule has 0 saturated heterocycles. The van der Waals surface area contributed by atoms with Gasteiger partial charge < -0.3 is 5.73 Å². The molecule has 0 aromatic carbocycles. The molecule has 0 amide bonds. The van der Waals surface area contributed by atoms with Crippen LogP contribution in [0.5, 0.6) is 0 Å². The van der Waals surface area contributed by atoms with Crippen molar-refractivity contribution in [3.63, 3.8) is 0 Å². The van der Waals surface area contributed by atoms with E-state index in [4.69, 9.17) is 5.73 Å². The Morgan fingerprint density at radius 1 is 1.47 bits per heavy atom. The summed E-state index contributed by atoms with van der Waals surface area (Å²) >= 11 is 3.72. The van der Waals surface area contributed by atoms with Crippen LogP contribution in [0, 0.1) is 0 Å². The van der Waals surface area contributed by atoms with Gasteiger partial charge in [0.1, 0.15) is 0 Å². The third-order valence-corrected chi connectivity index (χ3v) is 4.31. The molecule has 0 spiro atoms. The molecule has 1 unspecified atom stereocenters. The van der Waals surface area contributed by atoms with Crippen LogP contribution in [-0.4, -0.2) is 16.5 Å². The Balaban J connectivity index is 2.16. The van der Waals surface area contributed by atoms with Crippen LogP contribution in [0.2, 0.25) is 0 Å². The Hall–Kier alpha value is 0.01000. The molecule has 0 aliphatic carbocycles. The maximum atomic E-state index is 6.08. The van der Waals surface area contributed by atoms with E-state index in [1.54, 1.807) is 11.3 Å². The topological polar surface area (TPSA) is 26.0 Å². The first kappa shape index (κ1) is 13.1. The zero-order valence-corrected chi connectivity index (χ0v) is 11.5.